The molecule has 0 amide bonds. The van der Waals surface area contributed by atoms with E-state index in [1.165, 1.54) is 18.9 Å². The summed E-state index contributed by atoms with van der Waals surface area (Å²) < 4.78 is 4.66. The molecule has 0 saturated carbocycles. The van der Waals surface area contributed by atoms with Crippen molar-refractivity contribution in [1.82, 2.24) is 10.3 Å². The van der Waals surface area contributed by atoms with Gasteiger partial charge >= 0.3 is 5.97 Å². The van der Waals surface area contributed by atoms with Crippen LogP contribution in [-0.4, -0.2) is 36.9 Å². The first-order valence-corrected chi connectivity index (χ1v) is 5.55. The summed E-state index contributed by atoms with van der Waals surface area (Å²) in [6, 6.07) is 5.40. The van der Waals surface area contributed by atoms with Crippen molar-refractivity contribution < 1.29 is 9.53 Å². The van der Waals surface area contributed by atoms with Gasteiger partial charge in [-0.05, 0) is 19.2 Å². The molecule has 0 saturated heterocycles. The summed E-state index contributed by atoms with van der Waals surface area (Å²) in [6.45, 7) is 0. The Hall–Kier alpha value is -1.07. The Kier molecular flexibility index (Phi) is 5.14. The van der Waals surface area contributed by atoms with Gasteiger partial charge in [0.15, 0.2) is 0 Å². The molecule has 0 bridgehead atoms. The van der Waals surface area contributed by atoms with E-state index >= 15 is 0 Å². The van der Waals surface area contributed by atoms with Crippen LogP contribution in [0.4, 0.5) is 0 Å². The number of esters is 1. The van der Waals surface area contributed by atoms with Crippen LogP contribution >= 0.6 is 11.8 Å². The molecule has 1 rings (SSSR count). The van der Waals surface area contributed by atoms with Crippen molar-refractivity contribution in [3.8, 4) is 0 Å². The fraction of sp³-hybridized carbons (Fsp3) is 0.400. The molecule has 0 radical (unpaired) electrons. The maximum atomic E-state index is 11.2. The van der Waals surface area contributed by atoms with Gasteiger partial charge < -0.3 is 10.1 Å². The molecule has 0 fully saturated rings. The molecule has 5 heteroatoms. The second kappa shape index (κ2) is 6.42. The van der Waals surface area contributed by atoms with E-state index in [2.05, 4.69) is 15.0 Å². The highest BCUT2D eigenvalue weighted by molar-refractivity contribution is 7.99. The third-order valence-corrected chi connectivity index (χ3v) is 2.91. The second-order valence-electron chi connectivity index (χ2n) is 2.84. The molecule has 0 aromatic carbocycles. The molecule has 0 aliphatic carbocycles. The summed E-state index contributed by atoms with van der Waals surface area (Å²) in [6.07, 6.45) is 1.73. The average molecular weight is 226 g/mol. The summed E-state index contributed by atoms with van der Waals surface area (Å²) in [5.74, 6) is 0.362. The number of likely N-dealkylation sites (N-methyl/N-ethyl adjacent to an activating group) is 1. The Morgan fingerprint density at radius 2 is 2.47 bits per heavy atom. The van der Waals surface area contributed by atoms with E-state index in [4.69, 9.17) is 0 Å². The highest BCUT2D eigenvalue weighted by Gasteiger charge is 2.16. The van der Waals surface area contributed by atoms with E-state index in [-0.39, 0.29) is 12.0 Å². The molecule has 1 unspecified atom stereocenters. The molecule has 1 atom stereocenters. The first-order chi connectivity index (χ1) is 7.27. The lowest BCUT2D eigenvalue weighted by molar-refractivity contribution is -0.142. The van der Waals surface area contributed by atoms with Gasteiger partial charge in [0.2, 0.25) is 0 Å². The Labute approximate surface area is 93.4 Å². The van der Waals surface area contributed by atoms with Gasteiger partial charge in [-0.3, -0.25) is 4.79 Å². The molecule has 0 aliphatic heterocycles. The van der Waals surface area contributed by atoms with E-state index in [9.17, 15) is 4.79 Å². The quantitative estimate of drug-likeness (QED) is 0.598. The molecule has 1 aromatic heterocycles. The number of ether oxygens (including phenoxy) is 1. The number of nitrogens with zero attached hydrogens (tertiary/aromatic N) is 1. The minimum Gasteiger partial charge on any atom is -0.468 e. The number of hydrogen-bond acceptors (Lipinski definition) is 5. The zero-order valence-electron chi connectivity index (χ0n) is 8.77. The SMILES string of the molecule is CNC(CSc1ccccn1)C(=O)OC. The monoisotopic (exact) mass is 226 g/mol. The zero-order valence-corrected chi connectivity index (χ0v) is 9.58. The molecule has 0 aliphatic rings. The molecule has 1 aromatic rings. The highest BCUT2D eigenvalue weighted by Crippen LogP contribution is 2.15. The number of carbonyl (C=O) groups is 1. The zero-order chi connectivity index (χ0) is 11.1. The van der Waals surface area contributed by atoms with Crippen LogP contribution in [-0.2, 0) is 9.53 Å². The minimum atomic E-state index is -0.290. The summed E-state index contributed by atoms with van der Waals surface area (Å²) in [7, 11) is 3.12. The third kappa shape index (κ3) is 3.89. The van der Waals surface area contributed by atoms with Gasteiger partial charge in [0.05, 0.1) is 12.1 Å². The predicted octanol–water partition coefficient (Wildman–Crippen LogP) is 0.935. The molecule has 1 heterocycles. The third-order valence-electron chi connectivity index (χ3n) is 1.87. The lowest BCUT2D eigenvalue weighted by Gasteiger charge is -2.12. The van der Waals surface area contributed by atoms with Crippen LogP contribution in [0.3, 0.4) is 0 Å². The van der Waals surface area contributed by atoms with Crippen molar-refractivity contribution in [3.05, 3.63) is 24.4 Å². The van der Waals surface area contributed by atoms with Crippen molar-refractivity contribution in [2.24, 2.45) is 0 Å². The maximum Gasteiger partial charge on any atom is 0.323 e. The second-order valence-corrected chi connectivity index (χ2v) is 3.88. The number of rotatable bonds is 5. The average Bonchev–Trinajstić information content (AvgIpc) is 2.31. The van der Waals surface area contributed by atoms with Crippen LogP contribution < -0.4 is 5.32 Å². The fourth-order valence-corrected chi connectivity index (χ4v) is 1.96. The molecular weight excluding hydrogens is 212 g/mol. The van der Waals surface area contributed by atoms with Gasteiger partial charge in [-0.2, -0.15) is 0 Å². The number of carbonyl (C=O) groups excluding carboxylic acids is 1. The normalized spacial score (nSPS) is 12.1. The lowest BCUT2D eigenvalue weighted by atomic mass is 10.3. The van der Waals surface area contributed by atoms with Crippen molar-refractivity contribution >= 4 is 17.7 Å². The van der Waals surface area contributed by atoms with Crippen LogP contribution in [0.2, 0.25) is 0 Å². The Morgan fingerprint density at radius 3 is 3.00 bits per heavy atom. The van der Waals surface area contributed by atoms with E-state index in [0.29, 0.717) is 5.75 Å². The van der Waals surface area contributed by atoms with E-state index < -0.39 is 0 Å². The Morgan fingerprint density at radius 1 is 1.67 bits per heavy atom. The topological polar surface area (TPSA) is 51.2 Å². The summed E-state index contributed by atoms with van der Waals surface area (Å²) in [4.78, 5) is 15.4. The summed E-state index contributed by atoms with van der Waals surface area (Å²) >= 11 is 1.52. The Bertz CT molecular complexity index is 306. The van der Waals surface area contributed by atoms with Gasteiger partial charge in [0, 0.05) is 11.9 Å². The van der Waals surface area contributed by atoms with Crippen LogP contribution in [0.5, 0.6) is 0 Å². The molecule has 4 nitrogen and oxygen atoms in total. The molecule has 82 valence electrons. The summed E-state index contributed by atoms with van der Waals surface area (Å²) in [5, 5.41) is 3.80. The van der Waals surface area contributed by atoms with E-state index in [1.807, 2.05) is 18.2 Å². The van der Waals surface area contributed by atoms with Gasteiger partial charge in [-0.1, -0.05) is 6.07 Å². The smallest absolute Gasteiger partial charge is 0.323 e. The van der Waals surface area contributed by atoms with Crippen molar-refractivity contribution in [3.63, 3.8) is 0 Å². The molecule has 0 spiro atoms. The summed E-state index contributed by atoms with van der Waals surface area (Å²) in [5.41, 5.74) is 0. The van der Waals surface area contributed by atoms with Gasteiger partial charge in [-0.25, -0.2) is 4.98 Å². The number of methoxy groups -OCH3 is 1. The number of pyridine rings is 1. The van der Waals surface area contributed by atoms with E-state index in [0.717, 1.165) is 5.03 Å². The van der Waals surface area contributed by atoms with E-state index in [1.54, 1.807) is 13.2 Å². The molecular formula is C10H14N2O2S. The van der Waals surface area contributed by atoms with Crippen LogP contribution in [0.15, 0.2) is 29.4 Å². The van der Waals surface area contributed by atoms with Crippen LogP contribution in [0.1, 0.15) is 0 Å². The standard InChI is InChI=1S/C10H14N2O2S/c1-11-8(10(13)14-2)7-15-9-5-3-4-6-12-9/h3-6,8,11H,7H2,1-2H3. The largest absolute Gasteiger partial charge is 0.468 e. The van der Waals surface area contributed by atoms with Gasteiger partial charge in [0.1, 0.15) is 6.04 Å². The first-order valence-electron chi connectivity index (χ1n) is 4.57. The number of nitrogens with one attached hydrogen (secondary N) is 1. The lowest BCUT2D eigenvalue weighted by Crippen LogP contribution is -2.37. The Balaban J connectivity index is 2.44. The molecule has 15 heavy (non-hydrogen) atoms. The van der Waals surface area contributed by atoms with Crippen molar-refractivity contribution in [2.45, 2.75) is 11.1 Å². The number of thioether (sulfide) groups is 1. The van der Waals surface area contributed by atoms with Crippen molar-refractivity contribution in [2.75, 3.05) is 19.9 Å². The first kappa shape index (κ1) is 12.0. The highest BCUT2D eigenvalue weighted by atomic mass is 32.2. The van der Waals surface area contributed by atoms with Crippen LogP contribution in [0, 0.1) is 0 Å². The minimum absolute atomic E-state index is 0.249. The fourth-order valence-electron chi connectivity index (χ4n) is 1.01. The maximum absolute atomic E-state index is 11.2. The van der Waals surface area contributed by atoms with Crippen LogP contribution in [0.25, 0.3) is 0 Å². The number of aromatic nitrogens is 1. The predicted molar refractivity (Wildman–Crippen MR) is 59.8 cm³/mol. The number of hydrogen-bond donors (Lipinski definition) is 1. The molecule has 1 N–H and O–H groups in total. The van der Waals surface area contributed by atoms with Gasteiger partial charge in [-0.15, -0.1) is 11.8 Å². The van der Waals surface area contributed by atoms with Crippen molar-refractivity contribution in [1.29, 1.82) is 0 Å². The van der Waals surface area contributed by atoms with Gasteiger partial charge in [0.25, 0.3) is 0 Å².